The van der Waals surface area contributed by atoms with Crippen LogP contribution in [0.1, 0.15) is 27.0 Å². The Morgan fingerprint density at radius 3 is 2.41 bits per heavy atom. The summed E-state index contributed by atoms with van der Waals surface area (Å²) in [6, 6.07) is 12.8. The zero-order valence-corrected chi connectivity index (χ0v) is 10.3. The normalized spacial score (nSPS) is 10.2. The second-order valence-corrected chi connectivity index (χ2v) is 5.01. The number of carbonyl (C=O) groups excluding carboxylic acids is 2. The van der Waals surface area contributed by atoms with Crippen LogP contribution in [0.2, 0.25) is 0 Å². The van der Waals surface area contributed by atoms with Crippen LogP contribution >= 0.6 is 11.3 Å². The number of benzene rings is 1. The number of rotatable bonds is 4. The monoisotopic (exact) mass is 244 g/mol. The van der Waals surface area contributed by atoms with Gasteiger partial charge in [-0.25, -0.2) is 0 Å². The lowest BCUT2D eigenvalue weighted by atomic mass is 10.1. The van der Waals surface area contributed by atoms with Crippen LogP contribution in [0.5, 0.6) is 0 Å². The molecule has 0 aliphatic rings. The van der Waals surface area contributed by atoms with Crippen molar-refractivity contribution in [3.8, 4) is 0 Å². The van der Waals surface area contributed by atoms with Gasteiger partial charge in [-0.2, -0.15) is 0 Å². The molecule has 1 aromatic heterocycles. The van der Waals surface area contributed by atoms with Crippen LogP contribution < -0.4 is 0 Å². The first-order valence-electron chi connectivity index (χ1n) is 5.34. The summed E-state index contributed by atoms with van der Waals surface area (Å²) in [5.74, 6) is 0.135. The molecule has 0 saturated carbocycles. The van der Waals surface area contributed by atoms with Gasteiger partial charge in [-0.1, -0.05) is 30.3 Å². The highest BCUT2D eigenvalue weighted by Crippen LogP contribution is 2.20. The molecule has 1 aromatic carbocycles. The summed E-state index contributed by atoms with van der Waals surface area (Å²) in [4.78, 5) is 24.7. The van der Waals surface area contributed by atoms with Gasteiger partial charge in [-0.05, 0) is 19.1 Å². The van der Waals surface area contributed by atoms with Gasteiger partial charge < -0.3 is 0 Å². The average molecular weight is 244 g/mol. The Morgan fingerprint density at radius 1 is 1.06 bits per heavy atom. The molecule has 2 nitrogen and oxygen atoms in total. The van der Waals surface area contributed by atoms with E-state index in [4.69, 9.17) is 0 Å². The molecule has 1 heterocycles. The van der Waals surface area contributed by atoms with Crippen molar-refractivity contribution in [2.45, 2.75) is 13.3 Å². The third-order valence-corrected chi connectivity index (χ3v) is 3.43. The Kier molecular flexibility index (Phi) is 3.49. The van der Waals surface area contributed by atoms with Crippen LogP contribution in [0, 0.1) is 0 Å². The van der Waals surface area contributed by atoms with Crippen LogP contribution in [0.4, 0.5) is 0 Å². The fourth-order valence-electron chi connectivity index (χ4n) is 1.57. The summed E-state index contributed by atoms with van der Waals surface area (Å²) < 4.78 is 0. The standard InChI is InChI=1S/C14H12O2S/c1-10(15)9-12-7-8-13(17-12)14(16)11-5-3-2-4-6-11/h2-8H,9H2,1H3. The SMILES string of the molecule is CC(=O)Cc1ccc(C(=O)c2ccccc2)s1. The summed E-state index contributed by atoms with van der Waals surface area (Å²) in [6.07, 6.45) is 0.409. The van der Waals surface area contributed by atoms with Crippen molar-refractivity contribution in [3.63, 3.8) is 0 Å². The third kappa shape index (κ3) is 2.88. The highest BCUT2D eigenvalue weighted by molar-refractivity contribution is 7.14. The predicted molar refractivity (Wildman–Crippen MR) is 68.6 cm³/mol. The molecule has 0 spiro atoms. The molecule has 2 aromatic rings. The Bertz CT molecular complexity index is 540. The van der Waals surface area contributed by atoms with Crippen molar-refractivity contribution in [1.82, 2.24) is 0 Å². The molecule has 0 unspecified atom stereocenters. The minimum atomic E-state index is 0.0189. The van der Waals surface area contributed by atoms with E-state index >= 15 is 0 Å². The maximum atomic E-state index is 12.1. The molecule has 0 saturated heterocycles. The topological polar surface area (TPSA) is 34.1 Å². The summed E-state index contributed by atoms with van der Waals surface area (Å²) in [6.45, 7) is 1.55. The van der Waals surface area contributed by atoms with E-state index < -0.39 is 0 Å². The third-order valence-electron chi connectivity index (χ3n) is 2.34. The van der Waals surface area contributed by atoms with E-state index in [1.165, 1.54) is 11.3 Å². The second kappa shape index (κ2) is 5.06. The van der Waals surface area contributed by atoms with E-state index in [1.807, 2.05) is 24.3 Å². The van der Waals surface area contributed by atoms with Gasteiger partial charge in [0.15, 0.2) is 0 Å². The van der Waals surface area contributed by atoms with Crippen LogP contribution in [0.15, 0.2) is 42.5 Å². The number of hydrogen-bond donors (Lipinski definition) is 0. The molecule has 3 heteroatoms. The first-order valence-corrected chi connectivity index (χ1v) is 6.16. The van der Waals surface area contributed by atoms with E-state index in [1.54, 1.807) is 25.1 Å². The van der Waals surface area contributed by atoms with Crippen molar-refractivity contribution >= 4 is 22.9 Å². The molecule has 0 fully saturated rings. The van der Waals surface area contributed by atoms with Gasteiger partial charge in [0, 0.05) is 16.9 Å². The molecular weight excluding hydrogens is 232 g/mol. The molecule has 86 valence electrons. The van der Waals surface area contributed by atoms with Gasteiger partial charge in [-0.15, -0.1) is 11.3 Å². The van der Waals surface area contributed by atoms with E-state index in [9.17, 15) is 9.59 Å². The van der Waals surface area contributed by atoms with E-state index in [2.05, 4.69) is 0 Å². The van der Waals surface area contributed by atoms with Crippen LogP contribution in [0.25, 0.3) is 0 Å². The number of carbonyl (C=O) groups is 2. The first kappa shape index (κ1) is 11.7. The Morgan fingerprint density at radius 2 is 1.76 bits per heavy atom. The minimum absolute atomic E-state index is 0.0189. The molecule has 0 bridgehead atoms. The molecule has 0 radical (unpaired) electrons. The van der Waals surface area contributed by atoms with Gasteiger partial charge >= 0.3 is 0 Å². The molecule has 17 heavy (non-hydrogen) atoms. The van der Waals surface area contributed by atoms with Crippen molar-refractivity contribution in [2.24, 2.45) is 0 Å². The van der Waals surface area contributed by atoms with E-state index in [-0.39, 0.29) is 11.6 Å². The Labute approximate surface area is 104 Å². The summed E-state index contributed by atoms with van der Waals surface area (Å²) in [5, 5.41) is 0. The molecule has 0 aliphatic heterocycles. The Hall–Kier alpha value is -1.74. The van der Waals surface area contributed by atoms with E-state index in [0.29, 0.717) is 16.9 Å². The summed E-state index contributed by atoms with van der Waals surface area (Å²) in [7, 11) is 0. The van der Waals surface area contributed by atoms with Crippen LogP contribution in [-0.4, -0.2) is 11.6 Å². The molecule has 0 N–H and O–H groups in total. The zero-order chi connectivity index (χ0) is 12.3. The maximum Gasteiger partial charge on any atom is 0.202 e. The minimum Gasteiger partial charge on any atom is -0.300 e. The van der Waals surface area contributed by atoms with Crippen LogP contribution in [-0.2, 0) is 11.2 Å². The predicted octanol–water partition coefficient (Wildman–Crippen LogP) is 3.11. The van der Waals surface area contributed by atoms with Gasteiger partial charge in [-0.3, -0.25) is 9.59 Å². The number of hydrogen-bond acceptors (Lipinski definition) is 3. The lowest BCUT2D eigenvalue weighted by molar-refractivity contribution is -0.116. The lowest BCUT2D eigenvalue weighted by Gasteiger charge is -1.96. The molecule has 0 aliphatic carbocycles. The van der Waals surface area contributed by atoms with Crippen molar-refractivity contribution < 1.29 is 9.59 Å². The van der Waals surface area contributed by atoms with Crippen LogP contribution in [0.3, 0.4) is 0 Å². The van der Waals surface area contributed by atoms with Gasteiger partial charge in [0.25, 0.3) is 0 Å². The fourth-order valence-corrected chi connectivity index (χ4v) is 2.61. The highest BCUT2D eigenvalue weighted by Gasteiger charge is 2.11. The zero-order valence-electron chi connectivity index (χ0n) is 9.47. The number of thiophene rings is 1. The second-order valence-electron chi connectivity index (χ2n) is 3.84. The largest absolute Gasteiger partial charge is 0.300 e. The van der Waals surface area contributed by atoms with Gasteiger partial charge in [0.1, 0.15) is 5.78 Å². The Balaban J connectivity index is 2.21. The van der Waals surface area contributed by atoms with E-state index in [0.717, 1.165) is 4.88 Å². The van der Waals surface area contributed by atoms with Gasteiger partial charge in [0.2, 0.25) is 5.78 Å². The average Bonchev–Trinajstić information content (AvgIpc) is 2.77. The number of ketones is 2. The van der Waals surface area contributed by atoms with Crippen molar-refractivity contribution in [1.29, 1.82) is 0 Å². The number of Topliss-reactive ketones (excluding diaryl/α,β-unsaturated/α-hetero) is 1. The fraction of sp³-hybridized carbons (Fsp3) is 0.143. The lowest BCUT2D eigenvalue weighted by Crippen LogP contribution is -1.97. The quantitative estimate of drug-likeness (QED) is 0.774. The molecule has 2 rings (SSSR count). The molecule has 0 atom stereocenters. The van der Waals surface area contributed by atoms with Crippen molar-refractivity contribution in [2.75, 3.05) is 0 Å². The smallest absolute Gasteiger partial charge is 0.202 e. The summed E-state index contributed by atoms with van der Waals surface area (Å²) >= 11 is 1.39. The highest BCUT2D eigenvalue weighted by atomic mass is 32.1. The molecule has 0 amide bonds. The summed E-state index contributed by atoms with van der Waals surface area (Å²) in [5.41, 5.74) is 0.684. The van der Waals surface area contributed by atoms with Crippen molar-refractivity contribution in [3.05, 3.63) is 57.8 Å². The first-order chi connectivity index (χ1) is 8.16. The molecular formula is C14H12O2S. The van der Waals surface area contributed by atoms with Gasteiger partial charge in [0.05, 0.1) is 4.88 Å². The maximum absolute atomic E-state index is 12.1.